The molecule has 2 rings (SSSR count). The summed E-state index contributed by atoms with van der Waals surface area (Å²) in [6, 6.07) is 0.848. The average molecular weight is 201 g/mol. The van der Waals surface area contributed by atoms with Crippen LogP contribution in [0.1, 0.15) is 44.9 Å². The summed E-state index contributed by atoms with van der Waals surface area (Å²) in [6.07, 6.45) is 9.06. The summed E-state index contributed by atoms with van der Waals surface area (Å²) in [6.45, 7) is 2.26. The van der Waals surface area contributed by atoms with Gasteiger partial charge in [0.15, 0.2) is 0 Å². The molecular formula is C11H23NO2. The Balaban J connectivity index is 0.000000980. The molecule has 0 radical (unpaired) electrons. The van der Waals surface area contributed by atoms with E-state index in [-0.39, 0.29) is 11.6 Å². The highest BCUT2D eigenvalue weighted by molar-refractivity contribution is 4.80. The molecule has 2 aliphatic rings. The van der Waals surface area contributed by atoms with Crippen molar-refractivity contribution in [2.45, 2.75) is 57.1 Å². The maximum atomic E-state index is 9.40. The summed E-state index contributed by atoms with van der Waals surface area (Å²) in [5.41, 5.74) is 0. The molecule has 0 spiro atoms. The van der Waals surface area contributed by atoms with E-state index in [4.69, 9.17) is 0 Å². The lowest BCUT2D eigenvalue weighted by Gasteiger charge is -2.38. The number of piperidine rings is 1. The molecule has 0 bridgehead atoms. The molecule has 84 valence electrons. The minimum absolute atomic E-state index is 0. The van der Waals surface area contributed by atoms with Gasteiger partial charge < -0.3 is 15.5 Å². The molecule has 1 aliphatic carbocycles. The zero-order valence-electron chi connectivity index (χ0n) is 8.91. The van der Waals surface area contributed by atoms with Crippen molar-refractivity contribution in [1.82, 2.24) is 4.90 Å². The SMILES string of the molecule is O.OC1CCN(C2CCCCC2)CC1. The maximum Gasteiger partial charge on any atom is 0.0564 e. The summed E-state index contributed by atoms with van der Waals surface area (Å²) in [5, 5.41) is 9.40. The van der Waals surface area contributed by atoms with Crippen LogP contribution in [0.3, 0.4) is 0 Å². The topological polar surface area (TPSA) is 55.0 Å². The Morgan fingerprint density at radius 2 is 1.43 bits per heavy atom. The van der Waals surface area contributed by atoms with Crippen molar-refractivity contribution in [2.24, 2.45) is 0 Å². The molecule has 3 N–H and O–H groups in total. The van der Waals surface area contributed by atoms with Crippen molar-refractivity contribution in [2.75, 3.05) is 13.1 Å². The Morgan fingerprint density at radius 3 is 2.00 bits per heavy atom. The van der Waals surface area contributed by atoms with Gasteiger partial charge in [0.1, 0.15) is 0 Å². The molecule has 14 heavy (non-hydrogen) atoms. The molecule has 1 aliphatic heterocycles. The third-order valence-corrected chi connectivity index (χ3v) is 3.59. The van der Waals surface area contributed by atoms with Crippen LogP contribution >= 0.6 is 0 Å². The number of hydrogen-bond donors (Lipinski definition) is 1. The Bertz CT molecular complexity index is 149. The highest BCUT2D eigenvalue weighted by Gasteiger charge is 2.24. The lowest BCUT2D eigenvalue weighted by Crippen LogP contribution is -2.43. The first-order valence-corrected chi connectivity index (χ1v) is 5.78. The minimum atomic E-state index is -0.0140. The van der Waals surface area contributed by atoms with Gasteiger partial charge in [-0.1, -0.05) is 19.3 Å². The average Bonchev–Trinajstić information content (AvgIpc) is 2.20. The third-order valence-electron chi connectivity index (χ3n) is 3.59. The van der Waals surface area contributed by atoms with Crippen LogP contribution in [0.2, 0.25) is 0 Å². The van der Waals surface area contributed by atoms with Crippen molar-refractivity contribution in [3.8, 4) is 0 Å². The van der Waals surface area contributed by atoms with Crippen LogP contribution in [0.4, 0.5) is 0 Å². The molecule has 0 aromatic carbocycles. The Labute approximate surface area is 86.4 Å². The second-order valence-electron chi connectivity index (χ2n) is 4.56. The Kier molecular flexibility index (Phi) is 4.85. The van der Waals surface area contributed by atoms with Gasteiger partial charge in [-0.15, -0.1) is 0 Å². The second-order valence-corrected chi connectivity index (χ2v) is 4.56. The number of likely N-dealkylation sites (tertiary alicyclic amines) is 1. The van der Waals surface area contributed by atoms with E-state index in [9.17, 15) is 5.11 Å². The zero-order chi connectivity index (χ0) is 9.10. The van der Waals surface area contributed by atoms with Crippen molar-refractivity contribution in [1.29, 1.82) is 0 Å². The van der Waals surface area contributed by atoms with Crippen LogP contribution in [0.25, 0.3) is 0 Å². The Hall–Kier alpha value is -0.120. The predicted octanol–water partition coefficient (Wildman–Crippen LogP) is 0.951. The Morgan fingerprint density at radius 1 is 0.857 bits per heavy atom. The van der Waals surface area contributed by atoms with Crippen LogP contribution in [0, 0.1) is 0 Å². The van der Waals surface area contributed by atoms with E-state index < -0.39 is 0 Å². The molecule has 0 aromatic rings. The maximum absolute atomic E-state index is 9.40. The van der Waals surface area contributed by atoms with E-state index in [1.807, 2.05) is 0 Å². The third kappa shape index (κ3) is 2.94. The first-order valence-electron chi connectivity index (χ1n) is 5.78. The van der Waals surface area contributed by atoms with Crippen LogP contribution in [-0.4, -0.2) is 40.7 Å². The smallest absolute Gasteiger partial charge is 0.0564 e. The standard InChI is InChI=1S/C11H21NO.H2O/c13-11-6-8-12(9-7-11)10-4-2-1-3-5-10;/h10-11,13H,1-9H2;1H2. The molecule has 1 saturated carbocycles. The molecule has 2 fully saturated rings. The van der Waals surface area contributed by atoms with Crippen LogP contribution in [0.5, 0.6) is 0 Å². The molecule has 1 saturated heterocycles. The molecular weight excluding hydrogens is 178 g/mol. The number of aliphatic hydroxyl groups excluding tert-OH is 1. The van der Waals surface area contributed by atoms with Gasteiger partial charge in [-0.25, -0.2) is 0 Å². The zero-order valence-corrected chi connectivity index (χ0v) is 8.91. The van der Waals surface area contributed by atoms with E-state index in [1.54, 1.807) is 0 Å². The monoisotopic (exact) mass is 201 g/mol. The molecule has 0 atom stereocenters. The minimum Gasteiger partial charge on any atom is -0.412 e. The fourth-order valence-electron chi connectivity index (χ4n) is 2.70. The predicted molar refractivity (Wildman–Crippen MR) is 57.3 cm³/mol. The van der Waals surface area contributed by atoms with E-state index in [0.717, 1.165) is 32.0 Å². The molecule has 0 unspecified atom stereocenters. The largest absolute Gasteiger partial charge is 0.412 e. The summed E-state index contributed by atoms with van der Waals surface area (Å²) >= 11 is 0. The fourth-order valence-corrected chi connectivity index (χ4v) is 2.70. The van der Waals surface area contributed by atoms with E-state index >= 15 is 0 Å². The fraction of sp³-hybridized carbons (Fsp3) is 1.00. The molecule has 0 amide bonds. The van der Waals surface area contributed by atoms with Gasteiger partial charge in [0.25, 0.3) is 0 Å². The lowest BCUT2D eigenvalue weighted by atomic mass is 9.92. The van der Waals surface area contributed by atoms with Gasteiger partial charge in [0.05, 0.1) is 6.10 Å². The van der Waals surface area contributed by atoms with E-state index in [0.29, 0.717) is 0 Å². The summed E-state index contributed by atoms with van der Waals surface area (Å²) in [5.74, 6) is 0. The number of rotatable bonds is 1. The summed E-state index contributed by atoms with van der Waals surface area (Å²) in [4.78, 5) is 2.60. The van der Waals surface area contributed by atoms with Gasteiger partial charge in [0.2, 0.25) is 0 Å². The van der Waals surface area contributed by atoms with Gasteiger partial charge in [-0.3, -0.25) is 0 Å². The number of hydrogen-bond acceptors (Lipinski definition) is 2. The van der Waals surface area contributed by atoms with Crippen molar-refractivity contribution >= 4 is 0 Å². The van der Waals surface area contributed by atoms with E-state index in [1.165, 1.54) is 32.1 Å². The van der Waals surface area contributed by atoms with Crippen LogP contribution in [0.15, 0.2) is 0 Å². The molecule has 3 nitrogen and oxygen atoms in total. The highest BCUT2D eigenvalue weighted by atomic mass is 16.3. The first kappa shape index (κ1) is 12.0. The highest BCUT2D eigenvalue weighted by Crippen LogP contribution is 2.25. The van der Waals surface area contributed by atoms with Gasteiger partial charge in [0, 0.05) is 19.1 Å². The number of aliphatic hydroxyl groups is 1. The summed E-state index contributed by atoms with van der Waals surface area (Å²) < 4.78 is 0. The first-order chi connectivity index (χ1) is 6.36. The van der Waals surface area contributed by atoms with Crippen molar-refractivity contribution in [3.05, 3.63) is 0 Å². The van der Waals surface area contributed by atoms with Crippen molar-refractivity contribution < 1.29 is 10.6 Å². The number of nitrogens with zero attached hydrogens (tertiary/aromatic N) is 1. The van der Waals surface area contributed by atoms with Crippen LogP contribution in [-0.2, 0) is 0 Å². The lowest BCUT2D eigenvalue weighted by molar-refractivity contribution is 0.0505. The molecule has 0 aromatic heterocycles. The van der Waals surface area contributed by atoms with Gasteiger partial charge >= 0.3 is 0 Å². The quantitative estimate of drug-likeness (QED) is 0.686. The van der Waals surface area contributed by atoms with Crippen molar-refractivity contribution in [3.63, 3.8) is 0 Å². The van der Waals surface area contributed by atoms with E-state index in [2.05, 4.69) is 4.90 Å². The van der Waals surface area contributed by atoms with Gasteiger partial charge in [-0.2, -0.15) is 0 Å². The van der Waals surface area contributed by atoms with Gasteiger partial charge in [-0.05, 0) is 25.7 Å². The second kappa shape index (κ2) is 5.69. The van der Waals surface area contributed by atoms with Crippen LogP contribution < -0.4 is 0 Å². The molecule has 1 heterocycles. The molecule has 3 heteroatoms. The summed E-state index contributed by atoms with van der Waals surface area (Å²) in [7, 11) is 0. The normalized spacial score (nSPS) is 27.2.